The molecule has 0 unspecified atom stereocenters. The van der Waals surface area contributed by atoms with Crippen molar-refractivity contribution in [2.24, 2.45) is 0 Å². The molecule has 0 saturated carbocycles. The molecule has 2 aromatic heterocycles. The number of hydrogen-bond acceptors (Lipinski definition) is 3. The van der Waals surface area contributed by atoms with Gasteiger partial charge in [0.25, 0.3) is 0 Å². The van der Waals surface area contributed by atoms with E-state index in [1.807, 2.05) is 25.2 Å². The predicted molar refractivity (Wildman–Crippen MR) is 56.5 cm³/mol. The maximum atomic E-state index is 5.82. The molecule has 0 spiro atoms. The third-order valence-corrected chi connectivity index (χ3v) is 2.94. The van der Waals surface area contributed by atoms with E-state index >= 15 is 0 Å². The molecule has 0 aliphatic heterocycles. The van der Waals surface area contributed by atoms with Gasteiger partial charge in [-0.15, -0.1) is 11.3 Å². The van der Waals surface area contributed by atoms with Crippen LogP contribution in [0.5, 0.6) is 0 Å². The van der Waals surface area contributed by atoms with Crippen LogP contribution in [0.25, 0.3) is 10.6 Å². The Labute approximate surface area is 84.7 Å². The molecule has 2 heterocycles. The number of aromatic amines is 1. The van der Waals surface area contributed by atoms with Crippen LogP contribution in [0.3, 0.4) is 0 Å². The molecule has 0 aromatic carbocycles. The number of thiophene rings is 1. The summed E-state index contributed by atoms with van der Waals surface area (Å²) in [6.45, 7) is 0. The van der Waals surface area contributed by atoms with E-state index in [0.29, 0.717) is 0 Å². The molecule has 0 aliphatic rings. The average Bonchev–Trinajstić information content (AvgIpc) is 2.71. The summed E-state index contributed by atoms with van der Waals surface area (Å²) in [7, 11) is 1.83. The molecule has 2 N–H and O–H groups in total. The molecule has 13 heavy (non-hydrogen) atoms. The van der Waals surface area contributed by atoms with Crippen LogP contribution in [0.4, 0.5) is 5.82 Å². The van der Waals surface area contributed by atoms with Gasteiger partial charge in [-0.25, -0.2) is 0 Å². The molecular formula is C8H8ClN3S. The van der Waals surface area contributed by atoms with E-state index in [-0.39, 0.29) is 0 Å². The van der Waals surface area contributed by atoms with Crippen LogP contribution in [-0.4, -0.2) is 17.2 Å². The van der Waals surface area contributed by atoms with E-state index in [1.165, 1.54) is 11.3 Å². The van der Waals surface area contributed by atoms with Gasteiger partial charge >= 0.3 is 0 Å². The molecule has 2 aromatic rings. The normalized spacial score (nSPS) is 10.3. The van der Waals surface area contributed by atoms with Gasteiger partial charge in [-0.2, -0.15) is 5.10 Å². The molecule has 0 atom stereocenters. The van der Waals surface area contributed by atoms with Gasteiger partial charge in [-0.3, -0.25) is 5.10 Å². The number of hydrogen-bond donors (Lipinski definition) is 2. The van der Waals surface area contributed by atoms with Crippen molar-refractivity contribution >= 4 is 28.8 Å². The molecule has 3 nitrogen and oxygen atoms in total. The second kappa shape index (κ2) is 3.40. The maximum Gasteiger partial charge on any atom is 0.148 e. The van der Waals surface area contributed by atoms with Crippen molar-refractivity contribution in [3.05, 3.63) is 22.5 Å². The zero-order valence-corrected chi connectivity index (χ0v) is 8.54. The summed E-state index contributed by atoms with van der Waals surface area (Å²) in [6.07, 6.45) is 0. The van der Waals surface area contributed by atoms with Crippen molar-refractivity contribution in [3.63, 3.8) is 0 Å². The maximum absolute atomic E-state index is 5.82. The molecule has 0 amide bonds. The van der Waals surface area contributed by atoms with Crippen molar-refractivity contribution in [1.29, 1.82) is 0 Å². The summed E-state index contributed by atoms with van der Waals surface area (Å²) in [5.41, 5.74) is 0.987. The molecular weight excluding hydrogens is 206 g/mol. The first-order valence-corrected chi connectivity index (χ1v) is 4.98. The monoisotopic (exact) mass is 213 g/mol. The molecule has 0 aliphatic carbocycles. The lowest BCUT2D eigenvalue weighted by Crippen LogP contribution is -1.85. The lowest BCUT2D eigenvalue weighted by Gasteiger charge is -1.87. The Morgan fingerprint density at radius 2 is 2.38 bits per heavy atom. The van der Waals surface area contributed by atoms with Crippen LogP contribution >= 0.6 is 22.9 Å². The zero-order valence-electron chi connectivity index (χ0n) is 6.97. The highest BCUT2D eigenvalue weighted by Gasteiger charge is 2.04. The van der Waals surface area contributed by atoms with E-state index in [2.05, 4.69) is 15.5 Å². The minimum atomic E-state index is 0.788. The third kappa shape index (κ3) is 1.68. The first kappa shape index (κ1) is 8.59. The van der Waals surface area contributed by atoms with Gasteiger partial charge < -0.3 is 5.32 Å². The number of nitrogens with zero attached hydrogens (tertiary/aromatic N) is 1. The van der Waals surface area contributed by atoms with Gasteiger partial charge in [0.15, 0.2) is 0 Å². The molecule has 68 valence electrons. The SMILES string of the molecule is CNc1cc(-c2ccc(Cl)s2)[nH]n1. The second-order valence-corrected chi connectivity index (χ2v) is 4.24. The second-order valence-electron chi connectivity index (χ2n) is 2.52. The van der Waals surface area contributed by atoms with Crippen molar-refractivity contribution in [1.82, 2.24) is 10.2 Å². The Bertz CT molecular complexity index is 407. The van der Waals surface area contributed by atoms with E-state index in [9.17, 15) is 0 Å². The average molecular weight is 214 g/mol. The highest BCUT2D eigenvalue weighted by Crippen LogP contribution is 2.30. The third-order valence-electron chi connectivity index (χ3n) is 1.67. The topological polar surface area (TPSA) is 40.7 Å². The summed E-state index contributed by atoms with van der Waals surface area (Å²) in [5.74, 6) is 0.833. The lowest BCUT2D eigenvalue weighted by molar-refractivity contribution is 1.09. The first-order valence-electron chi connectivity index (χ1n) is 3.78. The number of halogens is 1. The van der Waals surface area contributed by atoms with Gasteiger partial charge in [-0.1, -0.05) is 11.6 Å². The number of rotatable bonds is 2. The Morgan fingerprint density at radius 3 is 2.92 bits per heavy atom. The first-order chi connectivity index (χ1) is 6.29. The van der Waals surface area contributed by atoms with Crippen LogP contribution < -0.4 is 5.32 Å². The number of anilines is 1. The van der Waals surface area contributed by atoms with Crippen molar-refractivity contribution in [2.75, 3.05) is 12.4 Å². The number of aromatic nitrogens is 2. The quantitative estimate of drug-likeness (QED) is 0.806. The van der Waals surface area contributed by atoms with Gasteiger partial charge in [0.1, 0.15) is 5.82 Å². The summed E-state index contributed by atoms with van der Waals surface area (Å²) in [5, 5.41) is 9.93. The molecule has 0 radical (unpaired) electrons. The van der Waals surface area contributed by atoms with Crippen LogP contribution in [0, 0.1) is 0 Å². The van der Waals surface area contributed by atoms with Crippen molar-refractivity contribution in [3.8, 4) is 10.6 Å². The number of nitrogens with one attached hydrogen (secondary N) is 2. The van der Waals surface area contributed by atoms with E-state index in [1.54, 1.807) is 0 Å². The standard InChI is InChI=1S/C8H8ClN3S/c1-10-8-4-5(11-12-8)6-2-3-7(9)13-6/h2-4H,1H3,(H2,10,11,12). The molecule has 2 rings (SSSR count). The van der Waals surface area contributed by atoms with Crippen molar-refractivity contribution in [2.45, 2.75) is 0 Å². The Balaban J connectivity index is 2.35. The minimum Gasteiger partial charge on any atom is -0.372 e. The van der Waals surface area contributed by atoms with Crippen LogP contribution in [0.15, 0.2) is 18.2 Å². The molecule has 0 saturated heterocycles. The zero-order chi connectivity index (χ0) is 9.26. The fourth-order valence-corrected chi connectivity index (χ4v) is 2.04. The van der Waals surface area contributed by atoms with Gasteiger partial charge in [0, 0.05) is 13.1 Å². The van der Waals surface area contributed by atoms with E-state index in [0.717, 1.165) is 20.7 Å². The highest BCUT2D eigenvalue weighted by molar-refractivity contribution is 7.19. The predicted octanol–water partition coefficient (Wildman–Crippen LogP) is 2.83. The fraction of sp³-hybridized carbons (Fsp3) is 0.125. The summed E-state index contributed by atoms with van der Waals surface area (Å²) < 4.78 is 0.788. The van der Waals surface area contributed by atoms with Crippen LogP contribution in [0.1, 0.15) is 0 Å². The smallest absolute Gasteiger partial charge is 0.148 e. The Hall–Kier alpha value is -1.00. The minimum absolute atomic E-state index is 0.788. The number of H-pyrrole nitrogens is 1. The van der Waals surface area contributed by atoms with Crippen LogP contribution in [-0.2, 0) is 0 Å². The summed E-state index contributed by atoms with van der Waals surface area (Å²) in [4.78, 5) is 1.10. The Morgan fingerprint density at radius 1 is 1.54 bits per heavy atom. The highest BCUT2D eigenvalue weighted by atomic mass is 35.5. The fourth-order valence-electron chi connectivity index (χ4n) is 1.04. The molecule has 5 heteroatoms. The molecule has 0 fully saturated rings. The largest absolute Gasteiger partial charge is 0.372 e. The lowest BCUT2D eigenvalue weighted by atomic mass is 10.3. The van der Waals surface area contributed by atoms with E-state index in [4.69, 9.17) is 11.6 Å². The van der Waals surface area contributed by atoms with Crippen molar-refractivity contribution < 1.29 is 0 Å². The summed E-state index contributed by atoms with van der Waals surface area (Å²) >= 11 is 7.35. The van der Waals surface area contributed by atoms with Gasteiger partial charge in [0.05, 0.1) is 14.9 Å². The Kier molecular flexibility index (Phi) is 2.24. The van der Waals surface area contributed by atoms with Gasteiger partial charge in [0.2, 0.25) is 0 Å². The van der Waals surface area contributed by atoms with E-state index < -0.39 is 0 Å². The summed E-state index contributed by atoms with van der Waals surface area (Å²) in [6, 6.07) is 5.80. The van der Waals surface area contributed by atoms with Gasteiger partial charge in [-0.05, 0) is 12.1 Å². The van der Waals surface area contributed by atoms with Crippen LogP contribution in [0.2, 0.25) is 4.34 Å². The molecule has 0 bridgehead atoms.